The van der Waals surface area contributed by atoms with Gasteiger partial charge in [-0.15, -0.1) is 0 Å². The molecule has 0 atom stereocenters. The van der Waals surface area contributed by atoms with E-state index >= 15 is 0 Å². The van der Waals surface area contributed by atoms with Gasteiger partial charge in [-0.05, 0) is 24.3 Å². The lowest BCUT2D eigenvalue weighted by molar-refractivity contribution is 0.0696. The number of benzene rings is 1. The first-order valence-corrected chi connectivity index (χ1v) is 5.94. The first-order chi connectivity index (χ1) is 9.72. The third-order valence-electron chi connectivity index (χ3n) is 2.78. The van der Waals surface area contributed by atoms with Crippen molar-refractivity contribution >= 4 is 16.9 Å². The monoisotopic (exact) mass is 266 g/mol. The molecule has 5 heteroatoms. The number of carboxylic acid groups (broad SMARTS) is 1. The van der Waals surface area contributed by atoms with Crippen LogP contribution in [0.5, 0.6) is 11.6 Å². The smallest absolute Gasteiger partial charge is 0.337 e. The van der Waals surface area contributed by atoms with Crippen molar-refractivity contribution in [2.75, 3.05) is 0 Å². The summed E-state index contributed by atoms with van der Waals surface area (Å²) in [6, 6.07) is 12.3. The van der Waals surface area contributed by atoms with Crippen LogP contribution < -0.4 is 4.74 Å². The highest BCUT2D eigenvalue weighted by atomic mass is 16.5. The number of fused-ring (bicyclic) bond motifs is 1. The topological polar surface area (TPSA) is 72.3 Å². The predicted octanol–water partition coefficient (Wildman–Crippen LogP) is 3.12. The van der Waals surface area contributed by atoms with Crippen LogP contribution in [0.4, 0.5) is 0 Å². The maximum absolute atomic E-state index is 10.7. The molecule has 0 unspecified atom stereocenters. The Morgan fingerprint density at radius 2 is 2.00 bits per heavy atom. The fourth-order valence-electron chi connectivity index (χ4n) is 1.80. The van der Waals surface area contributed by atoms with Crippen LogP contribution in [-0.4, -0.2) is 21.0 Å². The molecule has 0 saturated carbocycles. The number of hydrogen-bond acceptors (Lipinski definition) is 4. The molecule has 98 valence electrons. The van der Waals surface area contributed by atoms with Gasteiger partial charge in [-0.2, -0.15) is 0 Å². The van der Waals surface area contributed by atoms with E-state index in [4.69, 9.17) is 9.84 Å². The number of carboxylic acids is 1. The summed E-state index contributed by atoms with van der Waals surface area (Å²) >= 11 is 0. The van der Waals surface area contributed by atoms with Crippen LogP contribution in [0.1, 0.15) is 10.4 Å². The van der Waals surface area contributed by atoms with Gasteiger partial charge in [0.2, 0.25) is 5.88 Å². The second-order valence-electron chi connectivity index (χ2n) is 4.15. The molecule has 0 aliphatic carbocycles. The van der Waals surface area contributed by atoms with Crippen LogP contribution in [0.2, 0.25) is 0 Å². The Morgan fingerprint density at radius 1 is 1.10 bits per heavy atom. The molecule has 0 spiro atoms. The summed E-state index contributed by atoms with van der Waals surface area (Å²) in [7, 11) is 0. The standard InChI is InChI=1S/C15H10N2O3/c18-15(19)11-4-6-14(17-9-11)20-12-5-3-10-2-1-7-16-13(10)8-12/h1-9H,(H,18,19). The van der Waals surface area contributed by atoms with Gasteiger partial charge >= 0.3 is 5.97 Å². The van der Waals surface area contributed by atoms with E-state index in [1.165, 1.54) is 18.3 Å². The lowest BCUT2D eigenvalue weighted by atomic mass is 10.2. The number of hydrogen-bond donors (Lipinski definition) is 1. The molecule has 5 nitrogen and oxygen atoms in total. The third kappa shape index (κ3) is 2.42. The van der Waals surface area contributed by atoms with Gasteiger partial charge in [-0.1, -0.05) is 6.07 Å². The molecule has 0 aliphatic rings. The number of rotatable bonds is 3. The normalized spacial score (nSPS) is 10.4. The average Bonchev–Trinajstić information content (AvgIpc) is 2.48. The molecule has 0 amide bonds. The molecule has 1 aromatic carbocycles. The van der Waals surface area contributed by atoms with Gasteiger partial charge in [0, 0.05) is 29.9 Å². The second-order valence-corrected chi connectivity index (χ2v) is 4.15. The van der Waals surface area contributed by atoms with E-state index in [9.17, 15) is 4.79 Å². The summed E-state index contributed by atoms with van der Waals surface area (Å²) in [5, 5.41) is 9.82. The second kappa shape index (κ2) is 4.97. The van der Waals surface area contributed by atoms with Crippen LogP contribution in [0, 0.1) is 0 Å². The third-order valence-corrected chi connectivity index (χ3v) is 2.78. The fraction of sp³-hybridized carbons (Fsp3) is 0. The van der Waals surface area contributed by atoms with Gasteiger partial charge in [0.05, 0.1) is 11.1 Å². The van der Waals surface area contributed by atoms with Crippen molar-refractivity contribution in [1.29, 1.82) is 0 Å². The summed E-state index contributed by atoms with van der Waals surface area (Å²) in [5.74, 6) is -0.0731. The Hall–Kier alpha value is -2.95. The van der Waals surface area contributed by atoms with Crippen LogP contribution in [-0.2, 0) is 0 Å². The number of carbonyl (C=O) groups is 1. The maximum atomic E-state index is 10.7. The van der Waals surface area contributed by atoms with E-state index in [1.807, 2.05) is 30.3 Å². The van der Waals surface area contributed by atoms with Crippen molar-refractivity contribution in [3.63, 3.8) is 0 Å². The molecule has 0 saturated heterocycles. The van der Waals surface area contributed by atoms with Gasteiger partial charge < -0.3 is 9.84 Å². The molecular formula is C15H10N2O3. The number of aromatic nitrogens is 2. The Balaban J connectivity index is 1.87. The first kappa shape index (κ1) is 12.1. The van der Waals surface area contributed by atoms with E-state index in [2.05, 4.69) is 9.97 Å². The number of ether oxygens (including phenoxy) is 1. The molecule has 0 aliphatic heterocycles. The molecular weight excluding hydrogens is 256 g/mol. The molecule has 3 rings (SSSR count). The van der Waals surface area contributed by atoms with Crippen molar-refractivity contribution in [3.8, 4) is 11.6 Å². The van der Waals surface area contributed by atoms with Gasteiger partial charge in [0.1, 0.15) is 5.75 Å². The van der Waals surface area contributed by atoms with Gasteiger partial charge in [0.25, 0.3) is 0 Å². The van der Waals surface area contributed by atoms with E-state index < -0.39 is 5.97 Å². The minimum atomic E-state index is -1.01. The molecule has 0 fully saturated rings. The van der Waals surface area contributed by atoms with Crippen LogP contribution in [0.3, 0.4) is 0 Å². The lowest BCUT2D eigenvalue weighted by Gasteiger charge is -2.05. The first-order valence-electron chi connectivity index (χ1n) is 5.94. The average molecular weight is 266 g/mol. The number of pyridine rings is 2. The Kier molecular flexibility index (Phi) is 3.01. The highest BCUT2D eigenvalue weighted by molar-refractivity contribution is 5.87. The Morgan fingerprint density at radius 3 is 2.75 bits per heavy atom. The molecule has 1 N–H and O–H groups in total. The van der Waals surface area contributed by atoms with Crippen molar-refractivity contribution < 1.29 is 14.6 Å². The zero-order valence-corrected chi connectivity index (χ0v) is 10.4. The van der Waals surface area contributed by atoms with E-state index in [0.29, 0.717) is 11.6 Å². The number of nitrogens with zero attached hydrogens (tertiary/aromatic N) is 2. The summed E-state index contributed by atoms with van der Waals surface area (Å²) in [5.41, 5.74) is 0.949. The summed E-state index contributed by atoms with van der Waals surface area (Å²) < 4.78 is 5.58. The highest BCUT2D eigenvalue weighted by Gasteiger charge is 2.05. The van der Waals surface area contributed by atoms with Gasteiger partial charge in [-0.3, -0.25) is 4.98 Å². The number of aromatic carboxylic acids is 1. The van der Waals surface area contributed by atoms with Crippen molar-refractivity contribution in [1.82, 2.24) is 9.97 Å². The summed E-state index contributed by atoms with van der Waals surface area (Å²) in [6.07, 6.45) is 2.98. The molecule has 2 aromatic heterocycles. The quantitative estimate of drug-likeness (QED) is 0.788. The van der Waals surface area contributed by atoms with E-state index in [1.54, 1.807) is 6.20 Å². The van der Waals surface area contributed by atoms with Crippen molar-refractivity contribution in [2.45, 2.75) is 0 Å². The van der Waals surface area contributed by atoms with E-state index in [-0.39, 0.29) is 5.56 Å². The fourth-order valence-corrected chi connectivity index (χ4v) is 1.80. The van der Waals surface area contributed by atoms with Crippen molar-refractivity contribution in [2.24, 2.45) is 0 Å². The Bertz CT molecular complexity index is 769. The largest absolute Gasteiger partial charge is 0.478 e. The van der Waals surface area contributed by atoms with Crippen LogP contribution >= 0.6 is 0 Å². The van der Waals surface area contributed by atoms with Gasteiger partial charge in [0.15, 0.2) is 0 Å². The summed E-state index contributed by atoms with van der Waals surface area (Å²) in [4.78, 5) is 18.9. The molecule has 0 bridgehead atoms. The highest BCUT2D eigenvalue weighted by Crippen LogP contribution is 2.23. The van der Waals surface area contributed by atoms with Crippen LogP contribution in [0.25, 0.3) is 10.9 Å². The minimum absolute atomic E-state index is 0.123. The maximum Gasteiger partial charge on any atom is 0.337 e. The zero-order valence-electron chi connectivity index (χ0n) is 10.4. The predicted molar refractivity (Wildman–Crippen MR) is 73.0 cm³/mol. The molecule has 2 heterocycles. The lowest BCUT2D eigenvalue weighted by Crippen LogP contribution is -1.97. The van der Waals surface area contributed by atoms with E-state index in [0.717, 1.165) is 10.9 Å². The summed E-state index contributed by atoms with van der Waals surface area (Å²) in [6.45, 7) is 0. The molecule has 0 radical (unpaired) electrons. The Labute approximate surface area is 114 Å². The molecule has 20 heavy (non-hydrogen) atoms. The van der Waals surface area contributed by atoms with Crippen molar-refractivity contribution in [3.05, 3.63) is 60.4 Å². The van der Waals surface area contributed by atoms with Gasteiger partial charge in [-0.25, -0.2) is 9.78 Å². The van der Waals surface area contributed by atoms with Crippen LogP contribution in [0.15, 0.2) is 54.9 Å². The molecule has 3 aromatic rings. The SMILES string of the molecule is O=C(O)c1ccc(Oc2ccc3cccnc3c2)nc1. The minimum Gasteiger partial charge on any atom is -0.478 e. The zero-order chi connectivity index (χ0) is 13.9.